The van der Waals surface area contributed by atoms with Gasteiger partial charge in [-0.1, -0.05) is 23.9 Å². The summed E-state index contributed by atoms with van der Waals surface area (Å²) in [6, 6.07) is 7.89. The topological polar surface area (TPSA) is 67.2 Å². The van der Waals surface area contributed by atoms with Crippen LogP contribution in [0, 0.1) is 0 Å². The zero-order valence-corrected chi connectivity index (χ0v) is 21.8. The molecule has 180 valence electrons. The van der Waals surface area contributed by atoms with Gasteiger partial charge in [0, 0.05) is 35.9 Å². The normalized spacial score (nSPS) is 13.0. The maximum atomic E-state index is 13.5. The van der Waals surface area contributed by atoms with E-state index in [1.165, 1.54) is 22.2 Å². The molecule has 2 heterocycles. The number of benzene rings is 1. The zero-order chi connectivity index (χ0) is 24.2. The van der Waals surface area contributed by atoms with Gasteiger partial charge in [0.05, 0.1) is 11.1 Å². The predicted octanol–water partition coefficient (Wildman–Crippen LogP) is 5.49. The Kier molecular flexibility index (Phi) is 7.78. The number of thioether (sulfide) groups is 1. The number of hydrogen-bond acceptors (Lipinski definition) is 6. The number of hydrogen-bond donors (Lipinski definition) is 1. The number of anilines is 2. The van der Waals surface area contributed by atoms with Crippen LogP contribution >= 0.6 is 23.1 Å². The predicted molar refractivity (Wildman–Crippen MR) is 145 cm³/mol. The number of aromatic nitrogens is 2. The Morgan fingerprint density at radius 1 is 1.21 bits per heavy atom. The second kappa shape index (κ2) is 10.8. The van der Waals surface area contributed by atoms with Crippen LogP contribution in [0.5, 0.6) is 0 Å². The van der Waals surface area contributed by atoms with Crippen LogP contribution in [0.3, 0.4) is 0 Å². The van der Waals surface area contributed by atoms with Crippen molar-refractivity contribution in [2.24, 2.45) is 0 Å². The number of carbonyl (C=O) groups excluding carboxylic acids is 1. The monoisotopic (exact) mass is 496 g/mol. The third-order valence-electron chi connectivity index (χ3n) is 6.08. The highest BCUT2D eigenvalue weighted by Gasteiger charge is 2.22. The van der Waals surface area contributed by atoms with Gasteiger partial charge in [-0.3, -0.25) is 14.2 Å². The smallest absolute Gasteiger partial charge is 0.263 e. The molecule has 0 saturated heterocycles. The Balaban J connectivity index is 1.52. The summed E-state index contributed by atoms with van der Waals surface area (Å²) in [5.74, 6) is 0.0547. The van der Waals surface area contributed by atoms with E-state index in [1.54, 1.807) is 15.9 Å². The van der Waals surface area contributed by atoms with Gasteiger partial charge in [-0.2, -0.15) is 0 Å². The lowest BCUT2D eigenvalue weighted by molar-refractivity contribution is -0.113. The fraction of sp³-hybridized carbons (Fsp3) is 0.423. The Morgan fingerprint density at radius 2 is 1.91 bits per heavy atom. The van der Waals surface area contributed by atoms with Crippen molar-refractivity contribution in [1.82, 2.24) is 9.55 Å². The van der Waals surface area contributed by atoms with Gasteiger partial charge < -0.3 is 10.2 Å². The minimum absolute atomic E-state index is 0.0118. The second-order valence-electron chi connectivity index (χ2n) is 8.69. The molecular weight excluding hydrogens is 464 g/mol. The molecule has 0 radical (unpaired) electrons. The summed E-state index contributed by atoms with van der Waals surface area (Å²) in [6.07, 6.45) is 4.25. The number of nitrogens with one attached hydrogen (secondary N) is 1. The molecule has 0 spiro atoms. The molecule has 4 rings (SSSR count). The van der Waals surface area contributed by atoms with Crippen molar-refractivity contribution in [1.29, 1.82) is 0 Å². The number of amides is 1. The summed E-state index contributed by atoms with van der Waals surface area (Å²) < 4.78 is 1.68. The lowest BCUT2D eigenvalue weighted by atomic mass is 9.97. The Morgan fingerprint density at radius 3 is 2.59 bits per heavy atom. The molecule has 3 aromatic rings. The fourth-order valence-electron chi connectivity index (χ4n) is 4.41. The molecule has 0 bridgehead atoms. The van der Waals surface area contributed by atoms with Gasteiger partial charge in [0.15, 0.2) is 5.16 Å². The van der Waals surface area contributed by atoms with E-state index in [0.717, 1.165) is 65.9 Å². The summed E-state index contributed by atoms with van der Waals surface area (Å²) >= 11 is 2.94. The first-order chi connectivity index (χ1) is 16.4. The molecule has 0 fully saturated rings. The summed E-state index contributed by atoms with van der Waals surface area (Å²) in [7, 11) is 0. The molecule has 6 nitrogen and oxygen atoms in total. The van der Waals surface area contributed by atoms with E-state index >= 15 is 0 Å². The third kappa shape index (κ3) is 5.23. The van der Waals surface area contributed by atoms with Crippen molar-refractivity contribution < 1.29 is 4.79 Å². The Labute approximate surface area is 209 Å². The minimum Gasteiger partial charge on any atom is -0.372 e. The van der Waals surface area contributed by atoms with Crippen LogP contribution in [-0.4, -0.2) is 34.3 Å². The molecule has 1 aliphatic rings. The number of thiophene rings is 1. The van der Waals surface area contributed by atoms with Crippen LogP contribution in [0.2, 0.25) is 0 Å². The minimum atomic E-state index is -0.123. The zero-order valence-electron chi connectivity index (χ0n) is 20.1. The number of rotatable bonds is 9. The highest BCUT2D eigenvalue weighted by atomic mass is 32.2. The molecular formula is C26H32N4O2S2. The van der Waals surface area contributed by atoms with Crippen molar-refractivity contribution in [2.75, 3.05) is 29.1 Å². The largest absolute Gasteiger partial charge is 0.372 e. The number of carbonyl (C=O) groups is 1. The first kappa shape index (κ1) is 24.5. The van der Waals surface area contributed by atoms with Crippen LogP contribution in [0.4, 0.5) is 11.4 Å². The first-order valence-electron chi connectivity index (χ1n) is 11.9. The molecule has 0 unspecified atom stereocenters. The standard InChI is InChI=1S/C26H32N4O2S2/c1-5-29(6-2)19-13-11-18(12-14-19)27-22(31)16-33-26-28-24-23(25(32)30(26)15-17(3)4)20-9-7-8-10-21(20)34-24/h11-14H,3,5-10,15-16H2,1-2,4H3,(H,27,31). The van der Waals surface area contributed by atoms with E-state index in [1.807, 2.05) is 31.2 Å². The van der Waals surface area contributed by atoms with Crippen LogP contribution in [0.15, 0.2) is 46.4 Å². The maximum Gasteiger partial charge on any atom is 0.263 e. The van der Waals surface area contributed by atoms with Gasteiger partial charge in [-0.25, -0.2) is 4.98 Å². The van der Waals surface area contributed by atoms with Gasteiger partial charge in [0.2, 0.25) is 5.91 Å². The lowest BCUT2D eigenvalue weighted by Gasteiger charge is -2.21. The maximum absolute atomic E-state index is 13.5. The Hall–Kier alpha value is -2.58. The number of aryl methyl sites for hydroxylation is 2. The van der Waals surface area contributed by atoms with E-state index in [2.05, 4.69) is 30.6 Å². The summed E-state index contributed by atoms with van der Waals surface area (Å²) in [5, 5.41) is 4.30. The van der Waals surface area contributed by atoms with Gasteiger partial charge in [0.1, 0.15) is 4.83 Å². The highest BCUT2D eigenvalue weighted by molar-refractivity contribution is 7.99. The van der Waals surface area contributed by atoms with Crippen molar-refractivity contribution in [3.05, 3.63) is 57.2 Å². The SMILES string of the molecule is C=C(C)Cn1c(SCC(=O)Nc2ccc(N(CC)CC)cc2)nc2sc3c(c2c1=O)CCCC3. The Bertz CT molecular complexity index is 1260. The molecule has 1 N–H and O–H groups in total. The van der Waals surface area contributed by atoms with Gasteiger partial charge in [-0.15, -0.1) is 11.3 Å². The van der Waals surface area contributed by atoms with E-state index in [9.17, 15) is 9.59 Å². The number of fused-ring (bicyclic) bond motifs is 3. The van der Waals surface area contributed by atoms with E-state index in [0.29, 0.717) is 11.7 Å². The summed E-state index contributed by atoms with van der Waals surface area (Å²) in [5.41, 5.74) is 3.95. The molecule has 1 amide bonds. The summed E-state index contributed by atoms with van der Waals surface area (Å²) in [6.45, 7) is 12.4. The van der Waals surface area contributed by atoms with Crippen LogP contribution in [0.25, 0.3) is 10.2 Å². The van der Waals surface area contributed by atoms with Gasteiger partial charge in [-0.05, 0) is 76.3 Å². The first-order valence-corrected chi connectivity index (χ1v) is 13.7. The van der Waals surface area contributed by atoms with E-state index in [4.69, 9.17) is 4.98 Å². The molecule has 1 aromatic carbocycles. The second-order valence-corrected chi connectivity index (χ2v) is 10.7. The van der Waals surface area contributed by atoms with Gasteiger partial charge in [0.25, 0.3) is 5.56 Å². The van der Waals surface area contributed by atoms with Crippen molar-refractivity contribution in [2.45, 2.75) is 58.2 Å². The molecule has 0 atom stereocenters. The van der Waals surface area contributed by atoms with Crippen LogP contribution in [-0.2, 0) is 24.2 Å². The van der Waals surface area contributed by atoms with Crippen LogP contribution in [0.1, 0.15) is 44.1 Å². The number of allylic oxidation sites excluding steroid dienone is 1. The van der Waals surface area contributed by atoms with Crippen molar-refractivity contribution in [3.8, 4) is 0 Å². The van der Waals surface area contributed by atoms with E-state index in [-0.39, 0.29) is 17.2 Å². The molecule has 1 aliphatic carbocycles. The molecule has 0 saturated carbocycles. The van der Waals surface area contributed by atoms with Crippen molar-refractivity contribution >= 4 is 50.6 Å². The number of nitrogens with zero attached hydrogens (tertiary/aromatic N) is 3. The lowest BCUT2D eigenvalue weighted by Crippen LogP contribution is -2.25. The van der Waals surface area contributed by atoms with E-state index < -0.39 is 0 Å². The van der Waals surface area contributed by atoms with Gasteiger partial charge >= 0.3 is 0 Å². The molecule has 2 aromatic heterocycles. The third-order valence-corrected chi connectivity index (χ3v) is 8.24. The van der Waals surface area contributed by atoms with Crippen LogP contribution < -0.4 is 15.8 Å². The van der Waals surface area contributed by atoms with Crippen molar-refractivity contribution in [3.63, 3.8) is 0 Å². The summed E-state index contributed by atoms with van der Waals surface area (Å²) in [4.78, 5) is 35.3. The average molecular weight is 497 g/mol. The fourth-order valence-corrected chi connectivity index (χ4v) is 6.51. The average Bonchev–Trinajstić information content (AvgIpc) is 3.20. The molecule has 8 heteroatoms. The highest BCUT2D eigenvalue weighted by Crippen LogP contribution is 2.34. The quantitative estimate of drug-likeness (QED) is 0.241. The molecule has 0 aliphatic heterocycles. The molecule has 34 heavy (non-hydrogen) atoms.